The van der Waals surface area contributed by atoms with Gasteiger partial charge in [-0.1, -0.05) is 46.9 Å². The van der Waals surface area contributed by atoms with Crippen LogP contribution in [-0.4, -0.2) is 18.1 Å². The summed E-state index contributed by atoms with van der Waals surface area (Å²) < 4.78 is 5.72. The Morgan fingerprint density at radius 2 is 1.90 bits per heavy atom. The smallest absolute Gasteiger partial charge is 0.153 e. The number of para-hydroxylation sites is 2. The molecule has 104 valence electrons. The number of hydrogen-bond acceptors (Lipinski definition) is 3. The van der Waals surface area contributed by atoms with Crippen LogP contribution in [0.15, 0.2) is 30.3 Å². The van der Waals surface area contributed by atoms with Crippen molar-refractivity contribution in [3.05, 3.63) is 45.5 Å². The molecule has 0 unspecified atom stereocenters. The predicted molar refractivity (Wildman–Crippen MR) is 82.8 cm³/mol. The van der Waals surface area contributed by atoms with Gasteiger partial charge in [0.25, 0.3) is 0 Å². The Bertz CT molecular complexity index is 648. The summed E-state index contributed by atoms with van der Waals surface area (Å²) in [5, 5.41) is 1.06. The van der Waals surface area contributed by atoms with Crippen LogP contribution in [0.25, 0.3) is 0 Å². The van der Waals surface area contributed by atoms with Crippen LogP contribution in [0.3, 0.4) is 0 Å². The molecule has 3 rings (SSSR count). The number of fused-ring (bicyclic) bond motifs is 1. The first-order chi connectivity index (χ1) is 9.66. The lowest BCUT2D eigenvalue weighted by atomic mass is 10.2. The molecule has 20 heavy (non-hydrogen) atoms. The van der Waals surface area contributed by atoms with Gasteiger partial charge in [-0.3, -0.25) is 0 Å². The van der Waals surface area contributed by atoms with Gasteiger partial charge in [-0.2, -0.15) is 0 Å². The van der Waals surface area contributed by atoms with Gasteiger partial charge in [0.05, 0.1) is 22.3 Å². The first kappa shape index (κ1) is 13.8. The van der Waals surface area contributed by atoms with Crippen LogP contribution < -0.4 is 9.64 Å². The van der Waals surface area contributed by atoms with E-state index in [4.69, 9.17) is 39.5 Å². The fraction of sp³-hybridized carbons (Fsp3) is 0.214. The predicted octanol–water partition coefficient (Wildman–Crippen LogP) is 4.96. The maximum Gasteiger partial charge on any atom is 0.153 e. The Balaban J connectivity index is 2.12. The van der Waals surface area contributed by atoms with E-state index in [-0.39, 0.29) is 5.15 Å². The number of rotatable bonds is 1. The van der Waals surface area contributed by atoms with Gasteiger partial charge in [-0.25, -0.2) is 4.98 Å². The number of halogens is 3. The highest BCUT2D eigenvalue weighted by Gasteiger charge is 2.21. The second kappa shape index (κ2) is 5.68. The van der Waals surface area contributed by atoms with Crippen LogP contribution in [0, 0.1) is 0 Å². The van der Waals surface area contributed by atoms with Crippen LogP contribution in [0.5, 0.6) is 5.75 Å². The van der Waals surface area contributed by atoms with Crippen LogP contribution >= 0.6 is 34.8 Å². The van der Waals surface area contributed by atoms with Crippen molar-refractivity contribution < 1.29 is 4.74 Å². The molecule has 1 aliphatic heterocycles. The number of anilines is 2. The summed E-state index contributed by atoms with van der Waals surface area (Å²) in [6.45, 7) is 1.41. The van der Waals surface area contributed by atoms with Gasteiger partial charge >= 0.3 is 0 Å². The number of nitrogens with zero attached hydrogens (tertiary/aromatic N) is 2. The Labute approximate surface area is 132 Å². The van der Waals surface area contributed by atoms with Gasteiger partial charge in [0.15, 0.2) is 5.82 Å². The minimum absolute atomic E-state index is 0.244. The molecular formula is C14H11Cl3N2O. The van der Waals surface area contributed by atoms with E-state index < -0.39 is 0 Å². The molecular weight excluding hydrogens is 319 g/mol. The lowest BCUT2D eigenvalue weighted by molar-refractivity contribution is 0.322. The molecule has 0 bridgehead atoms. The highest BCUT2D eigenvalue weighted by Crippen LogP contribution is 2.39. The average Bonchev–Trinajstić information content (AvgIpc) is 2.65. The van der Waals surface area contributed by atoms with E-state index in [1.54, 1.807) is 6.07 Å². The molecule has 0 N–H and O–H groups in total. The molecule has 1 aromatic carbocycles. The topological polar surface area (TPSA) is 25.4 Å². The fourth-order valence-corrected chi connectivity index (χ4v) is 2.77. The lowest BCUT2D eigenvalue weighted by Gasteiger charge is -2.24. The first-order valence-corrected chi connectivity index (χ1v) is 7.31. The molecule has 6 heteroatoms. The molecule has 0 spiro atoms. The molecule has 1 aromatic heterocycles. The van der Waals surface area contributed by atoms with Gasteiger partial charge in [0, 0.05) is 6.54 Å². The van der Waals surface area contributed by atoms with E-state index in [2.05, 4.69) is 4.98 Å². The molecule has 1 aliphatic rings. The van der Waals surface area contributed by atoms with Crippen LogP contribution in [0.4, 0.5) is 11.5 Å². The molecule has 0 atom stereocenters. The summed E-state index contributed by atoms with van der Waals surface area (Å²) in [5.74, 6) is 1.41. The standard InChI is InChI=1S/C14H11Cl3N2O/c15-9-8-10(16)14(18-13(9)17)19-6-3-7-20-12-5-2-1-4-11(12)19/h1-2,4-5,8H,3,6-7H2. The molecule has 0 amide bonds. The van der Waals surface area contributed by atoms with E-state index in [1.807, 2.05) is 29.2 Å². The monoisotopic (exact) mass is 328 g/mol. The summed E-state index contributed by atoms with van der Waals surface area (Å²) in [6.07, 6.45) is 0.868. The highest BCUT2D eigenvalue weighted by atomic mass is 35.5. The maximum absolute atomic E-state index is 6.27. The molecule has 0 saturated carbocycles. The Morgan fingerprint density at radius 3 is 2.75 bits per heavy atom. The van der Waals surface area contributed by atoms with Crippen molar-refractivity contribution in [2.75, 3.05) is 18.1 Å². The maximum atomic E-state index is 6.27. The largest absolute Gasteiger partial charge is 0.491 e. The van der Waals surface area contributed by atoms with Crippen LogP contribution in [0.2, 0.25) is 15.2 Å². The van der Waals surface area contributed by atoms with E-state index in [0.29, 0.717) is 22.5 Å². The highest BCUT2D eigenvalue weighted by molar-refractivity contribution is 6.43. The van der Waals surface area contributed by atoms with Crippen molar-refractivity contribution in [3.8, 4) is 5.75 Å². The SMILES string of the molecule is Clc1cc(Cl)c(N2CCCOc3ccccc32)nc1Cl. The summed E-state index contributed by atoms with van der Waals surface area (Å²) in [6, 6.07) is 9.40. The number of benzene rings is 1. The second-order valence-corrected chi connectivity index (χ2v) is 5.56. The minimum atomic E-state index is 0.244. The van der Waals surface area contributed by atoms with Crippen molar-refractivity contribution in [2.45, 2.75) is 6.42 Å². The zero-order valence-corrected chi connectivity index (χ0v) is 12.7. The van der Waals surface area contributed by atoms with Crippen molar-refractivity contribution in [2.24, 2.45) is 0 Å². The Hall–Kier alpha value is -1.16. The lowest BCUT2D eigenvalue weighted by Crippen LogP contribution is -2.19. The zero-order chi connectivity index (χ0) is 14.1. The Morgan fingerprint density at radius 1 is 1.10 bits per heavy atom. The van der Waals surface area contributed by atoms with Crippen LogP contribution in [0.1, 0.15) is 6.42 Å². The molecule has 0 radical (unpaired) electrons. The third kappa shape index (κ3) is 2.53. The van der Waals surface area contributed by atoms with Gasteiger partial charge in [-0.15, -0.1) is 0 Å². The van der Waals surface area contributed by atoms with Gasteiger partial charge < -0.3 is 9.64 Å². The first-order valence-electron chi connectivity index (χ1n) is 6.18. The van der Waals surface area contributed by atoms with E-state index in [9.17, 15) is 0 Å². The van der Waals surface area contributed by atoms with E-state index in [1.165, 1.54) is 0 Å². The summed E-state index contributed by atoms with van der Waals surface area (Å²) in [5.41, 5.74) is 0.929. The van der Waals surface area contributed by atoms with Crippen molar-refractivity contribution in [3.63, 3.8) is 0 Å². The van der Waals surface area contributed by atoms with Gasteiger partial charge in [0.2, 0.25) is 0 Å². The third-order valence-electron chi connectivity index (χ3n) is 3.06. The normalized spacial score (nSPS) is 14.4. The van der Waals surface area contributed by atoms with Crippen LogP contribution in [-0.2, 0) is 0 Å². The third-order valence-corrected chi connectivity index (χ3v) is 4.01. The Kier molecular flexibility index (Phi) is 3.92. The summed E-state index contributed by atoms with van der Waals surface area (Å²) in [7, 11) is 0. The second-order valence-electron chi connectivity index (χ2n) is 4.39. The summed E-state index contributed by atoms with van der Waals surface area (Å²) in [4.78, 5) is 6.32. The molecule has 0 fully saturated rings. The van der Waals surface area contributed by atoms with Crippen molar-refractivity contribution in [1.29, 1.82) is 0 Å². The summed E-state index contributed by atoms with van der Waals surface area (Å²) >= 11 is 18.2. The molecule has 0 aliphatic carbocycles. The van der Waals surface area contributed by atoms with Gasteiger partial charge in [-0.05, 0) is 24.6 Å². The van der Waals surface area contributed by atoms with Crippen molar-refractivity contribution in [1.82, 2.24) is 4.98 Å². The number of pyridine rings is 1. The van der Waals surface area contributed by atoms with Gasteiger partial charge in [0.1, 0.15) is 10.9 Å². The van der Waals surface area contributed by atoms with Crippen molar-refractivity contribution >= 4 is 46.3 Å². The fourth-order valence-electron chi connectivity index (χ4n) is 2.17. The quantitative estimate of drug-likeness (QED) is 0.691. The molecule has 2 aromatic rings. The zero-order valence-electron chi connectivity index (χ0n) is 10.4. The van der Waals surface area contributed by atoms with E-state index in [0.717, 1.165) is 24.4 Å². The number of ether oxygens (including phenoxy) is 1. The molecule has 2 heterocycles. The molecule has 0 saturated heterocycles. The average molecular weight is 330 g/mol. The molecule has 3 nitrogen and oxygen atoms in total. The number of aromatic nitrogens is 1. The number of hydrogen-bond donors (Lipinski definition) is 0. The minimum Gasteiger partial charge on any atom is -0.491 e. The van der Waals surface area contributed by atoms with E-state index >= 15 is 0 Å².